The van der Waals surface area contributed by atoms with Gasteiger partial charge < -0.3 is 10.6 Å². The molecule has 1 aliphatic rings. The third-order valence-corrected chi connectivity index (χ3v) is 6.33. The van der Waals surface area contributed by atoms with E-state index in [-0.39, 0.29) is 24.0 Å². The Bertz CT molecular complexity index is 367. The first-order valence-electron chi connectivity index (χ1n) is 7.74. The van der Waals surface area contributed by atoms with E-state index >= 15 is 0 Å². The van der Waals surface area contributed by atoms with E-state index in [0.717, 1.165) is 55.4 Å². The van der Waals surface area contributed by atoms with Gasteiger partial charge in [-0.25, -0.2) is 0 Å². The van der Waals surface area contributed by atoms with Crippen LogP contribution in [0.3, 0.4) is 0 Å². The van der Waals surface area contributed by atoms with Crippen molar-refractivity contribution in [3.63, 3.8) is 0 Å². The minimum Gasteiger partial charge on any atom is -0.356 e. The summed E-state index contributed by atoms with van der Waals surface area (Å²) in [6.45, 7) is 6.62. The van der Waals surface area contributed by atoms with Gasteiger partial charge in [-0.3, -0.25) is 9.20 Å². The van der Waals surface area contributed by atoms with Crippen LogP contribution in [0.2, 0.25) is 0 Å². The fourth-order valence-electron chi connectivity index (χ4n) is 2.55. The molecule has 1 aliphatic carbocycles. The molecule has 0 radical (unpaired) electrons. The second-order valence-electron chi connectivity index (χ2n) is 5.16. The van der Waals surface area contributed by atoms with Gasteiger partial charge in [-0.15, -0.1) is 30.6 Å². The molecular weight excluding hydrogens is 429 g/mol. The average Bonchev–Trinajstić information content (AvgIpc) is 2.53. The molecule has 0 aromatic heterocycles. The van der Waals surface area contributed by atoms with Gasteiger partial charge in [0.05, 0.1) is 0 Å². The zero-order valence-corrected chi connectivity index (χ0v) is 17.6. The highest BCUT2D eigenvalue weighted by atomic mass is 127. The van der Waals surface area contributed by atoms with Gasteiger partial charge in [-0.05, 0) is 19.3 Å². The molecule has 1 rings (SSSR count). The Labute approximate surface area is 159 Å². The summed E-state index contributed by atoms with van der Waals surface area (Å²) in [4.78, 5) is 4.28. The molecule has 0 aliphatic heterocycles. The summed E-state index contributed by atoms with van der Waals surface area (Å²) in [5.41, 5.74) is 0. The molecule has 3 unspecified atom stereocenters. The fourth-order valence-corrected chi connectivity index (χ4v) is 4.47. The summed E-state index contributed by atoms with van der Waals surface area (Å²) < 4.78 is 12.0. The van der Waals surface area contributed by atoms with E-state index in [1.54, 1.807) is 7.05 Å². The van der Waals surface area contributed by atoms with E-state index < -0.39 is 10.8 Å². The van der Waals surface area contributed by atoms with E-state index in [2.05, 4.69) is 22.2 Å². The van der Waals surface area contributed by atoms with E-state index in [0.29, 0.717) is 11.3 Å². The Morgan fingerprint density at radius 2 is 2.27 bits per heavy atom. The average molecular weight is 459 g/mol. The van der Waals surface area contributed by atoms with Gasteiger partial charge in [0.1, 0.15) is 0 Å². The highest BCUT2D eigenvalue weighted by Gasteiger charge is 2.25. The smallest absolute Gasteiger partial charge is 0.191 e. The zero-order valence-electron chi connectivity index (χ0n) is 13.7. The first-order valence-corrected chi connectivity index (χ1v) is 10.3. The Balaban J connectivity index is 0.00000441. The number of nitrogens with one attached hydrogen (secondary N) is 2. The predicted molar refractivity (Wildman–Crippen MR) is 112 cm³/mol. The molecule has 3 atom stereocenters. The Morgan fingerprint density at radius 1 is 1.50 bits per heavy atom. The van der Waals surface area contributed by atoms with Crippen molar-refractivity contribution >= 4 is 52.5 Å². The monoisotopic (exact) mass is 459 g/mol. The number of hydrogen-bond donors (Lipinski definition) is 2. The Morgan fingerprint density at radius 3 is 2.91 bits per heavy atom. The van der Waals surface area contributed by atoms with Crippen molar-refractivity contribution in [3.05, 3.63) is 12.7 Å². The van der Waals surface area contributed by atoms with Crippen molar-refractivity contribution in [3.8, 4) is 0 Å². The van der Waals surface area contributed by atoms with Crippen LogP contribution in [-0.4, -0.2) is 52.3 Å². The molecule has 7 heteroatoms. The maximum atomic E-state index is 12.0. The summed E-state index contributed by atoms with van der Waals surface area (Å²) in [5, 5.41) is 7.17. The molecule has 2 N–H and O–H groups in total. The van der Waals surface area contributed by atoms with Crippen molar-refractivity contribution in [1.82, 2.24) is 10.6 Å². The maximum absolute atomic E-state index is 12.0. The first-order chi connectivity index (χ1) is 10.2. The summed E-state index contributed by atoms with van der Waals surface area (Å²) in [6, 6.07) is 0.395. The molecular formula is C15H30IN3OS2. The van der Waals surface area contributed by atoms with Gasteiger partial charge in [-0.1, -0.05) is 19.4 Å². The lowest BCUT2D eigenvalue weighted by Crippen LogP contribution is -2.47. The molecule has 22 heavy (non-hydrogen) atoms. The molecule has 1 fully saturated rings. The van der Waals surface area contributed by atoms with Gasteiger partial charge in [0.25, 0.3) is 0 Å². The molecule has 0 heterocycles. The molecule has 130 valence electrons. The number of thioether (sulfide) groups is 1. The molecule has 4 nitrogen and oxygen atoms in total. The van der Waals surface area contributed by atoms with Crippen molar-refractivity contribution in [2.75, 3.05) is 30.9 Å². The third-order valence-electron chi connectivity index (χ3n) is 3.62. The van der Waals surface area contributed by atoms with Crippen LogP contribution in [0.1, 0.15) is 32.6 Å². The second-order valence-corrected chi connectivity index (χ2v) is 8.32. The minimum absolute atomic E-state index is 0. The fraction of sp³-hybridized carbons (Fsp3) is 0.800. The summed E-state index contributed by atoms with van der Waals surface area (Å²) in [7, 11) is 1.13. The van der Waals surface area contributed by atoms with Crippen LogP contribution in [0.4, 0.5) is 0 Å². The lowest BCUT2D eigenvalue weighted by molar-refractivity contribution is 0.414. The van der Waals surface area contributed by atoms with Crippen LogP contribution in [0.15, 0.2) is 17.6 Å². The summed E-state index contributed by atoms with van der Waals surface area (Å²) in [5.74, 6) is 3.66. The van der Waals surface area contributed by atoms with Crippen molar-refractivity contribution in [2.45, 2.75) is 43.9 Å². The molecule has 0 amide bonds. The van der Waals surface area contributed by atoms with Gasteiger partial charge in [-0.2, -0.15) is 11.8 Å². The number of aliphatic imine (C=N–C) groups is 1. The molecule has 0 bridgehead atoms. The van der Waals surface area contributed by atoms with Crippen LogP contribution in [0.25, 0.3) is 0 Å². The maximum Gasteiger partial charge on any atom is 0.191 e. The standard InChI is InChI=1S/C15H29N3OS2.HI/c1-4-10-20-11-9-17-15(16-3)18-13-7-6-8-14(12-13)21(19)5-2;/h4,13-14H,1,5-12H2,2-3H3,(H2,16,17,18);1H. The second kappa shape index (κ2) is 13.7. The third kappa shape index (κ3) is 8.76. The number of guanidine groups is 1. The van der Waals surface area contributed by atoms with Crippen LogP contribution in [0, 0.1) is 0 Å². The normalized spacial score (nSPS) is 23.3. The lowest BCUT2D eigenvalue weighted by Gasteiger charge is -2.30. The number of halogens is 1. The minimum atomic E-state index is -0.673. The van der Waals surface area contributed by atoms with E-state index in [1.807, 2.05) is 24.8 Å². The highest BCUT2D eigenvalue weighted by Crippen LogP contribution is 2.22. The summed E-state index contributed by atoms with van der Waals surface area (Å²) >= 11 is 1.86. The molecule has 0 spiro atoms. The first kappa shape index (κ1) is 22.2. The van der Waals surface area contributed by atoms with E-state index in [1.165, 1.54) is 0 Å². The van der Waals surface area contributed by atoms with Crippen LogP contribution >= 0.6 is 35.7 Å². The molecule has 0 aromatic carbocycles. The van der Waals surface area contributed by atoms with Crippen LogP contribution in [0.5, 0.6) is 0 Å². The van der Waals surface area contributed by atoms with E-state index in [9.17, 15) is 4.21 Å². The molecule has 1 saturated carbocycles. The van der Waals surface area contributed by atoms with Crippen molar-refractivity contribution < 1.29 is 4.21 Å². The zero-order chi connectivity index (χ0) is 15.5. The van der Waals surface area contributed by atoms with Gasteiger partial charge in [0.2, 0.25) is 0 Å². The van der Waals surface area contributed by atoms with Crippen LogP contribution < -0.4 is 10.6 Å². The predicted octanol–water partition coefficient (Wildman–Crippen LogP) is 2.77. The van der Waals surface area contributed by atoms with Crippen molar-refractivity contribution in [1.29, 1.82) is 0 Å². The summed E-state index contributed by atoms with van der Waals surface area (Å²) in [6.07, 6.45) is 6.31. The molecule has 0 aromatic rings. The Kier molecular flexibility index (Phi) is 13.8. The van der Waals surface area contributed by atoms with Crippen LogP contribution in [-0.2, 0) is 10.8 Å². The van der Waals surface area contributed by atoms with Gasteiger partial charge >= 0.3 is 0 Å². The Hall–Kier alpha value is 0.240. The quantitative estimate of drug-likeness (QED) is 0.193. The van der Waals surface area contributed by atoms with E-state index in [4.69, 9.17) is 0 Å². The lowest BCUT2D eigenvalue weighted by atomic mass is 9.95. The van der Waals surface area contributed by atoms with Gasteiger partial charge in [0, 0.05) is 52.9 Å². The molecule has 0 saturated heterocycles. The largest absolute Gasteiger partial charge is 0.356 e. The highest BCUT2D eigenvalue weighted by molar-refractivity contribution is 14.0. The van der Waals surface area contributed by atoms with Gasteiger partial charge in [0.15, 0.2) is 5.96 Å². The topological polar surface area (TPSA) is 53.5 Å². The van der Waals surface area contributed by atoms with Crippen molar-refractivity contribution in [2.24, 2.45) is 4.99 Å². The number of rotatable bonds is 8. The number of hydrogen-bond acceptors (Lipinski definition) is 3. The SMILES string of the molecule is C=CCSCCNC(=NC)NC1CCCC(S(=O)CC)C1.I. The number of nitrogens with zero attached hydrogens (tertiary/aromatic N) is 1.